The average molecular weight is 283 g/mol. The van der Waals surface area contributed by atoms with E-state index < -0.39 is 5.97 Å². The molecule has 0 aliphatic heterocycles. The summed E-state index contributed by atoms with van der Waals surface area (Å²) in [5, 5.41) is 8.91. The third-order valence-electron chi connectivity index (χ3n) is 2.16. The zero-order valence-electron chi connectivity index (χ0n) is 8.27. The zero-order valence-corrected chi connectivity index (χ0v) is 9.85. The molecule has 82 valence electrons. The van der Waals surface area contributed by atoms with E-state index in [2.05, 4.69) is 20.9 Å². The average Bonchev–Trinajstić information content (AvgIpc) is 2.56. The highest BCUT2D eigenvalue weighted by molar-refractivity contribution is 9.10. The molecule has 0 aromatic carbocycles. The zero-order chi connectivity index (χ0) is 11.9. The first-order valence-electron chi connectivity index (χ1n) is 4.41. The molecule has 0 radical (unpaired) electrons. The highest BCUT2D eigenvalue weighted by Crippen LogP contribution is 2.21. The second kappa shape index (κ2) is 3.71. The summed E-state index contributed by atoms with van der Waals surface area (Å²) in [6.07, 6.45) is 2.17. The summed E-state index contributed by atoms with van der Waals surface area (Å²) in [6, 6.07) is 1.81. The van der Waals surface area contributed by atoms with Gasteiger partial charge in [-0.15, -0.1) is 0 Å². The topological polar surface area (TPSA) is 71.7 Å². The molecule has 2 aromatic heterocycles. The van der Waals surface area contributed by atoms with Crippen LogP contribution in [0.2, 0.25) is 0 Å². The van der Waals surface area contributed by atoms with Gasteiger partial charge in [0.1, 0.15) is 5.69 Å². The van der Waals surface area contributed by atoms with E-state index in [9.17, 15) is 9.59 Å². The van der Waals surface area contributed by atoms with E-state index in [1.807, 2.05) is 13.0 Å². The summed E-state index contributed by atoms with van der Waals surface area (Å²) in [5.41, 5.74) is 1.13. The molecule has 0 spiro atoms. The number of carboxylic acids is 1. The van der Waals surface area contributed by atoms with Crippen LogP contribution in [0.5, 0.6) is 0 Å². The number of hydrogen-bond donors (Lipinski definition) is 1. The van der Waals surface area contributed by atoms with E-state index in [-0.39, 0.29) is 11.4 Å². The number of carbonyl (C=O) groups excluding carboxylic acids is 1. The van der Waals surface area contributed by atoms with Crippen LogP contribution in [0.1, 0.15) is 26.5 Å². The number of carboxylic acid groups (broad SMARTS) is 1. The van der Waals surface area contributed by atoms with Crippen LogP contribution in [-0.2, 0) is 0 Å². The molecule has 16 heavy (non-hydrogen) atoms. The Bertz CT molecular complexity index is 604. The van der Waals surface area contributed by atoms with Crippen molar-refractivity contribution in [3.8, 4) is 0 Å². The number of pyridine rings is 1. The molecular formula is C10H7BrN2O3. The number of halogens is 1. The fraction of sp³-hybridized carbons (Fsp3) is 0.100. The Balaban J connectivity index is 2.92. The van der Waals surface area contributed by atoms with E-state index in [0.717, 1.165) is 5.56 Å². The number of carbonyl (C=O) groups is 2. The molecular weight excluding hydrogens is 276 g/mol. The molecule has 0 fully saturated rings. The fourth-order valence-corrected chi connectivity index (χ4v) is 2.16. The smallest absolute Gasteiger partial charge is 0.356 e. The van der Waals surface area contributed by atoms with Crippen LogP contribution in [0, 0.1) is 6.92 Å². The van der Waals surface area contributed by atoms with Crippen molar-refractivity contribution >= 4 is 33.8 Å². The quantitative estimate of drug-likeness (QED) is 0.855. The predicted octanol–water partition coefficient (Wildman–Crippen LogP) is 1.92. The summed E-state index contributed by atoms with van der Waals surface area (Å²) in [6.45, 7) is 1.85. The van der Waals surface area contributed by atoms with Crippen molar-refractivity contribution < 1.29 is 14.7 Å². The summed E-state index contributed by atoms with van der Waals surface area (Å²) >= 11 is 3.28. The van der Waals surface area contributed by atoms with Crippen molar-refractivity contribution in [1.29, 1.82) is 0 Å². The number of aryl methyl sites for hydroxylation is 1. The normalized spacial score (nSPS) is 10.6. The molecule has 6 heteroatoms. The van der Waals surface area contributed by atoms with Crippen LogP contribution in [0.25, 0.3) is 5.65 Å². The lowest BCUT2D eigenvalue weighted by molar-refractivity contribution is 0.0688. The van der Waals surface area contributed by atoms with Gasteiger partial charge in [-0.05, 0) is 34.5 Å². The van der Waals surface area contributed by atoms with Gasteiger partial charge in [-0.1, -0.05) is 0 Å². The molecule has 2 aromatic rings. The van der Waals surface area contributed by atoms with Crippen LogP contribution < -0.4 is 0 Å². The lowest BCUT2D eigenvalue weighted by atomic mass is 10.3. The Kier molecular flexibility index (Phi) is 2.51. The van der Waals surface area contributed by atoms with E-state index in [1.165, 1.54) is 4.40 Å². The Morgan fingerprint density at radius 1 is 1.62 bits per heavy atom. The molecule has 0 aliphatic rings. The van der Waals surface area contributed by atoms with E-state index >= 15 is 0 Å². The molecule has 0 aliphatic carbocycles. The van der Waals surface area contributed by atoms with Crippen molar-refractivity contribution in [2.24, 2.45) is 0 Å². The van der Waals surface area contributed by atoms with Crippen LogP contribution in [0.15, 0.2) is 16.7 Å². The van der Waals surface area contributed by atoms with Crippen LogP contribution >= 0.6 is 15.9 Å². The first-order chi connectivity index (χ1) is 7.54. The van der Waals surface area contributed by atoms with E-state index in [1.54, 1.807) is 6.20 Å². The minimum Gasteiger partial charge on any atom is -0.476 e. The van der Waals surface area contributed by atoms with E-state index in [0.29, 0.717) is 16.4 Å². The third kappa shape index (κ3) is 1.51. The molecule has 0 bridgehead atoms. The molecule has 0 saturated heterocycles. The summed E-state index contributed by atoms with van der Waals surface area (Å²) in [5.74, 6) is -1.21. The van der Waals surface area contributed by atoms with Gasteiger partial charge in [0.25, 0.3) is 0 Å². The highest BCUT2D eigenvalue weighted by atomic mass is 79.9. The molecule has 0 saturated carbocycles. The number of aldehydes is 1. The van der Waals surface area contributed by atoms with Gasteiger partial charge in [-0.25, -0.2) is 9.78 Å². The van der Waals surface area contributed by atoms with E-state index in [4.69, 9.17) is 5.11 Å². The Hall–Kier alpha value is -1.69. The maximum absolute atomic E-state index is 10.9. The predicted molar refractivity (Wildman–Crippen MR) is 60.0 cm³/mol. The summed E-state index contributed by atoms with van der Waals surface area (Å²) in [4.78, 5) is 25.7. The first-order valence-corrected chi connectivity index (χ1v) is 5.20. The number of nitrogens with zero attached hydrogens (tertiary/aromatic N) is 2. The monoisotopic (exact) mass is 282 g/mol. The first kappa shape index (κ1) is 10.8. The molecule has 2 heterocycles. The van der Waals surface area contributed by atoms with Gasteiger partial charge in [-0.3, -0.25) is 9.20 Å². The van der Waals surface area contributed by atoms with Crippen molar-refractivity contribution in [3.63, 3.8) is 0 Å². The van der Waals surface area contributed by atoms with Crippen LogP contribution in [0.4, 0.5) is 0 Å². The molecule has 2 rings (SSSR count). The second-order valence-corrected chi connectivity index (χ2v) is 4.18. The number of hydrogen-bond acceptors (Lipinski definition) is 3. The number of imidazole rings is 1. The number of aromatic carboxylic acids is 1. The van der Waals surface area contributed by atoms with Crippen LogP contribution in [-0.4, -0.2) is 26.7 Å². The standard InChI is InChI=1S/C10H7BrN2O3/c1-5-2-6(11)9-12-8(10(15)16)7(4-14)13(9)3-5/h2-4H,1H3,(H,15,16). The van der Waals surface area contributed by atoms with Crippen molar-refractivity contribution in [2.45, 2.75) is 6.92 Å². The van der Waals surface area contributed by atoms with Gasteiger partial charge in [0.2, 0.25) is 0 Å². The van der Waals surface area contributed by atoms with Gasteiger partial charge in [0.15, 0.2) is 17.6 Å². The maximum Gasteiger partial charge on any atom is 0.356 e. The lowest BCUT2D eigenvalue weighted by Crippen LogP contribution is -2.02. The summed E-state index contributed by atoms with van der Waals surface area (Å²) in [7, 11) is 0. The molecule has 5 nitrogen and oxygen atoms in total. The molecule has 0 atom stereocenters. The Labute approximate surface area is 98.8 Å². The Morgan fingerprint density at radius 3 is 2.88 bits per heavy atom. The molecule has 1 N–H and O–H groups in total. The lowest BCUT2D eigenvalue weighted by Gasteiger charge is -1.99. The largest absolute Gasteiger partial charge is 0.476 e. The minimum atomic E-state index is -1.21. The second-order valence-electron chi connectivity index (χ2n) is 3.33. The Morgan fingerprint density at radius 2 is 2.31 bits per heavy atom. The number of fused-ring (bicyclic) bond motifs is 1. The van der Waals surface area contributed by atoms with Gasteiger partial charge in [-0.2, -0.15) is 0 Å². The summed E-state index contributed by atoms with van der Waals surface area (Å²) < 4.78 is 2.12. The van der Waals surface area contributed by atoms with Gasteiger partial charge >= 0.3 is 5.97 Å². The van der Waals surface area contributed by atoms with Crippen molar-refractivity contribution in [3.05, 3.63) is 33.7 Å². The SMILES string of the molecule is Cc1cc(Br)c2nc(C(=O)O)c(C=O)n2c1. The number of rotatable bonds is 2. The maximum atomic E-state index is 10.9. The van der Waals surface area contributed by atoms with Crippen LogP contribution in [0.3, 0.4) is 0 Å². The number of aromatic nitrogens is 2. The fourth-order valence-electron chi connectivity index (χ4n) is 1.52. The van der Waals surface area contributed by atoms with Crippen molar-refractivity contribution in [2.75, 3.05) is 0 Å². The minimum absolute atomic E-state index is 0.0481. The highest BCUT2D eigenvalue weighted by Gasteiger charge is 2.18. The van der Waals surface area contributed by atoms with Gasteiger partial charge < -0.3 is 5.11 Å². The molecule has 0 unspecified atom stereocenters. The van der Waals surface area contributed by atoms with Crippen molar-refractivity contribution in [1.82, 2.24) is 9.38 Å². The third-order valence-corrected chi connectivity index (χ3v) is 2.75. The van der Waals surface area contributed by atoms with Gasteiger partial charge in [0, 0.05) is 6.20 Å². The van der Waals surface area contributed by atoms with Gasteiger partial charge in [0.05, 0.1) is 4.47 Å². The molecule has 0 amide bonds.